The first kappa shape index (κ1) is 70.6. The van der Waals surface area contributed by atoms with Crippen LogP contribution in [-0.4, -0.2) is 138 Å². The fraction of sp³-hybridized carbons (Fsp3) is 0.400. The number of sulfone groups is 1. The number of primary sulfonamides is 1. The van der Waals surface area contributed by atoms with E-state index >= 15 is 0 Å². The first-order valence-electron chi connectivity index (χ1n) is 26.3. The number of hydrogen-bond acceptors (Lipinski definition) is 16. The van der Waals surface area contributed by atoms with Crippen LogP contribution in [0.5, 0.6) is 11.5 Å². The number of nitrogens with one attached hydrogen (secondary N) is 2. The van der Waals surface area contributed by atoms with Crippen molar-refractivity contribution in [3.8, 4) is 11.5 Å². The molecule has 2 amide bonds. The molecule has 4 aliphatic heterocycles. The summed E-state index contributed by atoms with van der Waals surface area (Å²) in [4.78, 5) is 46.6. The van der Waals surface area contributed by atoms with Crippen LogP contribution in [0.25, 0.3) is 12.2 Å². The molecule has 0 unspecified atom stereocenters. The highest BCUT2D eigenvalue weighted by Gasteiger charge is 2.49. The summed E-state index contributed by atoms with van der Waals surface area (Å²) < 4.78 is 191. The first-order chi connectivity index (χ1) is 40.6. The third-order valence-electron chi connectivity index (χ3n) is 13.5. The topological polar surface area (TPSA) is 297 Å². The van der Waals surface area contributed by atoms with Gasteiger partial charge < -0.3 is 24.8 Å². The largest absolute Gasteiger partial charge is 0.573 e. The van der Waals surface area contributed by atoms with Gasteiger partial charge in [0.1, 0.15) is 45.6 Å². The lowest BCUT2D eigenvalue weighted by molar-refractivity contribution is -0.275. The predicted octanol–water partition coefficient (Wildman–Crippen LogP) is 7.68. The maximum Gasteiger partial charge on any atom is 0.573 e. The molecule has 21 nitrogen and oxygen atoms in total. The second-order valence-corrected chi connectivity index (χ2v) is 29.6. The van der Waals surface area contributed by atoms with Crippen LogP contribution in [0.2, 0.25) is 0 Å². The standard InChI is InChI=1S/C30H34F3N3O8S2.C24H25F3N4O6S2.CH2Cl2/c1-20-16-21(18-45(39,40)19-25(37)44-28(2,3)4)8-9-22(20)10-15-46(41,42)36-13-11-29(12-14-36)27(38)34-26(35-29)23-6-5-7-24(17-23)43-30(31,32)33;1-16-13-17(15-38(28,33)34)5-6-18(16)7-12-39(35,36)31-10-8-23(9-11-31)22(32)29-21(30-23)19-3-2-4-20(14-19)37-24(25,26)27;2-1-3/h5-10,15-17H,11-14,18-19H2,1-4H3,(H,34,35,38);2-7,12-14H,8-11,15H2,1H3,(H2,28,33,34)(H,29,30,32);1H2/b15-10+;12-7+;. The van der Waals surface area contributed by atoms with E-state index in [0.29, 0.717) is 33.4 Å². The number of amidine groups is 2. The molecule has 2 saturated heterocycles. The van der Waals surface area contributed by atoms with Gasteiger partial charge in [0.15, 0.2) is 9.84 Å². The molecule has 480 valence electrons. The quantitative estimate of drug-likeness (QED) is 0.0551. The molecule has 0 bridgehead atoms. The van der Waals surface area contributed by atoms with Gasteiger partial charge in [-0.05, 0) is 130 Å². The number of ether oxygens (including phenoxy) is 3. The average molecular weight is 1360 g/mol. The van der Waals surface area contributed by atoms with Crippen molar-refractivity contribution in [2.75, 3.05) is 37.3 Å². The Morgan fingerprint density at radius 3 is 1.34 bits per heavy atom. The van der Waals surface area contributed by atoms with Crippen LogP contribution in [-0.2, 0) is 70.5 Å². The highest BCUT2D eigenvalue weighted by molar-refractivity contribution is 7.92. The number of piperidine rings is 2. The van der Waals surface area contributed by atoms with Gasteiger partial charge in [0.05, 0.1) is 16.8 Å². The monoisotopic (exact) mass is 1360 g/mol. The van der Waals surface area contributed by atoms with Crippen molar-refractivity contribution >= 4 is 105 Å². The van der Waals surface area contributed by atoms with Crippen molar-refractivity contribution in [1.29, 1.82) is 0 Å². The summed E-state index contributed by atoms with van der Waals surface area (Å²) in [5, 5.41) is 12.5. The Labute approximate surface area is 515 Å². The highest BCUT2D eigenvalue weighted by Crippen LogP contribution is 2.36. The van der Waals surface area contributed by atoms with E-state index in [2.05, 4.69) is 30.1 Å². The minimum absolute atomic E-state index is 0.000374. The molecule has 4 heterocycles. The van der Waals surface area contributed by atoms with Gasteiger partial charge >= 0.3 is 18.7 Å². The van der Waals surface area contributed by atoms with E-state index in [1.165, 1.54) is 51.1 Å². The number of amides is 2. The third-order valence-corrected chi connectivity index (χ3v) is 18.8. The van der Waals surface area contributed by atoms with Crippen molar-refractivity contribution in [1.82, 2.24) is 19.2 Å². The number of rotatable bonds is 16. The molecule has 8 rings (SSSR count). The summed E-state index contributed by atoms with van der Waals surface area (Å²) in [6, 6.07) is 19.6. The number of esters is 1. The molecule has 33 heteroatoms. The Hall–Kier alpha value is -6.45. The van der Waals surface area contributed by atoms with E-state index in [0.717, 1.165) is 35.1 Å². The van der Waals surface area contributed by atoms with Crippen LogP contribution in [0.3, 0.4) is 0 Å². The molecule has 2 fully saturated rings. The van der Waals surface area contributed by atoms with Crippen molar-refractivity contribution < 1.29 is 88.6 Å². The number of halogens is 8. The number of carbonyl (C=O) groups excluding carboxylic acids is 3. The molecule has 2 spiro atoms. The molecule has 88 heavy (non-hydrogen) atoms. The third kappa shape index (κ3) is 20.3. The van der Waals surface area contributed by atoms with Gasteiger partial charge in [0.2, 0.25) is 30.1 Å². The summed E-state index contributed by atoms with van der Waals surface area (Å²) in [7, 11) is -15.3. The van der Waals surface area contributed by atoms with Crippen molar-refractivity contribution in [2.45, 2.75) is 101 Å². The molecule has 4 aromatic rings. The number of carbonyl (C=O) groups is 3. The van der Waals surface area contributed by atoms with E-state index < -0.39 is 110 Å². The highest BCUT2D eigenvalue weighted by atomic mass is 35.5. The van der Waals surface area contributed by atoms with E-state index in [1.807, 2.05) is 0 Å². The lowest BCUT2D eigenvalue weighted by Gasteiger charge is -2.34. The number of aliphatic imine (C=N–C) groups is 2. The van der Waals surface area contributed by atoms with Crippen molar-refractivity contribution in [3.05, 3.63) is 140 Å². The molecule has 0 saturated carbocycles. The van der Waals surface area contributed by atoms with Crippen LogP contribution in [0, 0.1) is 13.8 Å². The molecule has 4 aliphatic rings. The van der Waals surface area contributed by atoms with E-state index in [1.54, 1.807) is 65.0 Å². The van der Waals surface area contributed by atoms with Crippen LogP contribution in [0.15, 0.2) is 106 Å². The van der Waals surface area contributed by atoms with Crippen LogP contribution in [0.4, 0.5) is 26.3 Å². The van der Waals surface area contributed by atoms with E-state index in [-0.39, 0.29) is 85.8 Å². The average Bonchev–Trinajstić information content (AvgIpc) is 1.77. The SMILES string of the molecule is Cc1cc(CS(=O)(=O)CC(=O)OC(C)(C)C)ccc1/C=C/S(=O)(=O)N1CCC2(CC1)N=C(c1cccc(OC(F)(F)F)c1)NC2=O.Cc1cc(CS(N)(=O)=O)ccc1/C=C/S(=O)(=O)N1CCC2(CC1)N=C(c1cccc(OC(F)(F)F)c1)NC2=O.ClCCl. The van der Waals surface area contributed by atoms with Gasteiger partial charge in [-0.2, -0.15) is 8.61 Å². The molecule has 4 N–H and O–H groups in total. The zero-order valence-electron chi connectivity index (χ0n) is 47.6. The number of aryl methyl sites for hydroxylation is 2. The van der Waals surface area contributed by atoms with Gasteiger partial charge in [-0.15, -0.1) is 49.5 Å². The smallest absolute Gasteiger partial charge is 0.459 e. The number of sulfonamides is 3. The second-order valence-electron chi connectivity index (χ2n) is 21.4. The number of hydrogen-bond donors (Lipinski definition) is 3. The Bertz CT molecular complexity index is 3880. The normalized spacial score (nSPS) is 17.6. The van der Waals surface area contributed by atoms with Crippen LogP contribution in [0.1, 0.15) is 91.0 Å². The Morgan fingerprint density at radius 2 is 1.00 bits per heavy atom. The Kier molecular flexibility index (Phi) is 22.3. The molecule has 0 aliphatic carbocycles. The van der Waals surface area contributed by atoms with Crippen LogP contribution >= 0.6 is 23.2 Å². The molecule has 0 aromatic heterocycles. The van der Waals surface area contributed by atoms with Crippen molar-refractivity contribution in [3.63, 3.8) is 0 Å². The Balaban J connectivity index is 0.000000272. The molecule has 0 atom stereocenters. The summed E-state index contributed by atoms with van der Waals surface area (Å²) in [6.45, 7) is 8.27. The van der Waals surface area contributed by atoms with E-state index in [4.69, 9.17) is 33.1 Å². The Morgan fingerprint density at radius 1 is 0.625 bits per heavy atom. The zero-order chi connectivity index (χ0) is 65.5. The van der Waals surface area contributed by atoms with Crippen LogP contribution < -0.4 is 25.2 Å². The minimum atomic E-state index is -4.89. The number of benzene rings is 4. The summed E-state index contributed by atoms with van der Waals surface area (Å²) >= 11 is 9.53. The first-order valence-corrected chi connectivity index (χ1v) is 33.9. The lowest BCUT2D eigenvalue weighted by Crippen LogP contribution is -2.50. The molecule has 4 aromatic carbocycles. The fourth-order valence-electron chi connectivity index (χ4n) is 9.49. The minimum Gasteiger partial charge on any atom is -0.459 e. The zero-order valence-corrected chi connectivity index (χ0v) is 52.4. The van der Waals surface area contributed by atoms with E-state index in [9.17, 15) is 74.4 Å². The number of nitrogens with zero attached hydrogens (tertiary/aromatic N) is 4. The number of nitrogens with two attached hydrogens (primary N) is 1. The van der Waals surface area contributed by atoms with Gasteiger partial charge in [-0.3, -0.25) is 24.4 Å². The van der Waals surface area contributed by atoms with Gasteiger partial charge in [-0.1, -0.05) is 60.7 Å². The number of alkyl halides is 8. The fourth-order valence-corrected chi connectivity index (χ4v) is 13.7. The maximum atomic E-state index is 13.1. The summed E-state index contributed by atoms with van der Waals surface area (Å²) in [6.07, 6.45) is -6.69. The van der Waals surface area contributed by atoms with Crippen molar-refractivity contribution in [2.24, 2.45) is 15.1 Å². The predicted molar refractivity (Wildman–Crippen MR) is 318 cm³/mol. The lowest BCUT2D eigenvalue weighted by atomic mass is 9.89. The maximum absolute atomic E-state index is 13.1. The summed E-state index contributed by atoms with van der Waals surface area (Å²) in [5.74, 6) is -4.03. The molecule has 0 radical (unpaired) electrons. The van der Waals surface area contributed by atoms with Gasteiger partial charge in [0, 0.05) is 48.1 Å². The van der Waals surface area contributed by atoms with Gasteiger partial charge in [-0.25, -0.2) is 38.8 Å². The van der Waals surface area contributed by atoms with Gasteiger partial charge in [0.25, 0.3) is 11.8 Å². The second kappa shape index (κ2) is 27.7. The molecular formula is C55H61Cl2F6N7O14S4. The molecular weight excluding hydrogens is 1300 g/mol. The summed E-state index contributed by atoms with van der Waals surface area (Å²) in [5.41, 5.74) is 0.420.